The quantitative estimate of drug-likeness (QED) is 0.336. The van der Waals surface area contributed by atoms with Crippen LogP contribution in [0, 0.1) is 0 Å². The Kier molecular flexibility index (Phi) is 4.99. The zero-order valence-electron chi connectivity index (χ0n) is 18.8. The van der Waals surface area contributed by atoms with Gasteiger partial charge in [0.1, 0.15) is 17.9 Å². The van der Waals surface area contributed by atoms with Crippen LogP contribution in [0.1, 0.15) is 11.1 Å². The Morgan fingerprint density at radius 2 is 1.67 bits per heavy atom. The van der Waals surface area contributed by atoms with Crippen LogP contribution in [0.5, 0.6) is 0 Å². The van der Waals surface area contributed by atoms with Gasteiger partial charge < -0.3 is 4.98 Å². The van der Waals surface area contributed by atoms with Crippen LogP contribution in [-0.2, 0) is 12.7 Å². The van der Waals surface area contributed by atoms with Crippen LogP contribution in [0.3, 0.4) is 0 Å². The number of imidazole rings is 2. The number of fused-ring (bicyclic) bond motifs is 2. The van der Waals surface area contributed by atoms with Gasteiger partial charge in [-0.25, -0.2) is 18.9 Å². The van der Waals surface area contributed by atoms with Crippen molar-refractivity contribution in [2.45, 2.75) is 12.7 Å². The number of aromatic nitrogens is 5. The zero-order chi connectivity index (χ0) is 24.9. The smallest absolute Gasteiger partial charge is 0.338 e. The molecule has 9 heteroatoms. The maximum Gasteiger partial charge on any atom is 0.418 e. The number of benzene rings is 3. The van der Waals surface area contributed by atoms with E-state index in [0.29, 0.717) is 40.3 Å². The van der Waals surface area contributed by atoms with Crippen molar-refractivity contribution in [2.24, 2.45) is 0 Å². The molecule has 3 aromatic heterocycles. The molecule has 0 saturated carbocycles. The molecule has 2 N–H and O–H groups in total. The predicted octanol–water partition coefficient (Wildman–Crippen LogP) is 5.22. The normalized spacial score (nSPS) is 12.0. The molecule has 3 heterocycles. The number of pyridine rings is 1. The average Bonchev–Trinajstić information content (AvgIpc) is 3.45. The molecule has 0 unspecified atom stereocenters. The Morgan fingerprint density at radius 3 is 2.42 bits per heavy atom. The first-order valence-electron chi connectivity index (χ1n) is 11.2. The van der Waals surface area contributed by atoms with E-state index < -0.39 is 11.7 Å². The molecule has 0 radical (unpaired) electrons. The SMILES string of the molecule is O=c1[nH]c2c(ccc[n+]2Cc2ccccc2)n1-c1ccc(-c2nc3ccc(C(F)(F)F)cc3[nH]2)cc1. The Morgan fingerprint density at radius 1 is 0.889 bits per heavy atom. The lowest BCUT2D eigenvalue weighted by Gasteiger charge is -2.05. The van der Waals surface area contributed by atoms with Crippen molar-refractivity contribution >= 4 is 22.2 Å². The van der Waals surface area contributed by atoms with E-state index in [0.717, 1.165) is 23.2 Å². The second-order valence-corrected chi connectivity index (χ2v) is 8.48. The van der Waals surface area contributed by atoms with Crippen molar-refractivity contribution in [2.75, 3.05) is 0 Å². The van der Waals surface area contributed by atoms with Gasteiger partial charge in [0.25, 0.3) is 0 Å². The Bertz CT molecular complexity index is 1760. The number of alkyl halides is 3. The van der Waals surface area contributed by atoms with Crippen LogP contribution in [0.15, 0.2) is 95.9 Å². The lowest BCUT2D eigenvalue weighted by Crippen LogP contribution is -2.35. The first-order chi connectivity index (χ1) is 17.4. The van der Waals surface area contributed by atoms with Crippen molar-refractivity contribution in [3.05, 3.63) is 113 Å². The minimum atomic E-state index is -4.42. The predicted molar refractivity (Wildman–Crippen MR) is 130 cm³/mol. The van der Waals surface area contributed by atoms with Crippen LogP contribution in [0.25, 0.3) is 39.3 Å². The molecule has 0 aliphatic rings. The van der Waals surface area contributed by atoms with Gasteiger partial charge in [0.05, 0.1) is 28.5 Å². The lowest BCUT2D eigenvalue weighted by atomic mass is 10.2. The molecule has 0 aliphatic carbocycles. The van der Waals surface area contributed by atoms with Crippen molar-refractivity contribution in [1.29, 1.82) is 0 Å². The van der Waals surface area contributed by atoms with Gasteiger partial charge >= 0.3 is 17.5 Å². The molecule has 0 spiro atoms. The molecule has 6 nitrogen and oxygen atoms in total. The van der Waals surface area contributed by atoms with E-state index >= 15 is 0 Å². The van der Waals surface area contributed by atoms with E-state index in [-0.39, 0.29) is 5.69 Å². The molecule has 0 saturated heterocycles. The van der Waals surface area contributed by atoms with Gasteiger partial charge in [-0.15, -0.1) is 0 Å². The average molecular weight is 486 g/mol. The largest absolute Gasteiger partial charge is 0.418 e. The summed E-state index contributed by atoms with van der Waals surface area (Å²) in [6.07, 6.45) is -2.50. The Labute approximate surface area is 202 Å². The van der Waals surface area contributed by atoms with Crippen LogP contribution in [0.2, 0.25) is 0 Å². The molecule has 178 valence electrons. The van der Waals surface area contributed by atoms with E-state index in [4.69, 9.17) is 0 Å². The van der Waals surface area contributed by atoms with Crippen LogP contribution in [0.4, 0.5) is 13.2 Å². The van der Waals surface area contributed by atoms with E-state index in [1.165, 1.54) is 6.07 Å². The van der Waals surface area contributed by atoms with Crippen molar-refractivity contribution in [1.82, 2.24) is 19.5 Å². The standard InChI is InChI=1S/C27H18F3N5O/c28-27(29,30)19-10-13-21-22(15-19)32-24(31-21)18-8-11-20(12-9-18)35-23-7-4-14-34(25(23)33-26(35)36)16-17-5-2-1-3-6-17/h1-15H,16H2,(H,31,32)/p+1. The van der Waals surface area contributed by atoms with E-state index in [9.17, 15) is 18.0 Å². The minimum Gasteiger partial charge on any atom is -0.338 e. The summed E-state index contributed by atoms with van der Waals surface area (Å²) in [7, 11) is 0. The topological polar surface area (TPSA) is 70.3 Å². The number of hydrogen-bond acceptors (Lipinski definition) is 2. The lowest BCUT2D eigenvalue weighted by molar-refractivity contribution is -0.664. The fraction of sp³-hybridized carbons (Fsp3) is 0.0741. The molecular weight excluding hydrogens is 467 g/mol. The molecule has 6 aromatic rings. The molecular formula is C27H19F3N5O+. The van der Waals surface area contributed by atoms with E-state index in [1.54, 1.807) is 28.8 Å². The molecule has 0 amide bonds. The van der Waals surface area contributed by atoms with Gasteiger partial charge in [0.15, 0.2) is 0 Å². The highest BCUT2D eigenvalue weighted by molar-refractivity contribution is 5.80. The maximum atomic E-state index is 13.0. The summed E-state index contributed by atoms with van der Waals surface area (Å²) in [5, 5.41) is 0. The van der Waals surface area contributed by atoms with E-state index in [1.807, 2.05) is 53.2 Å². The minimum absolute atomic E-state index is 0.269. The second kappa shape index (κ2) is 8.23. The third kappa shape index (κ3) is 3.84. The van der Waals surface area contributed by atoms with Crippen LogP contribution < -0.4 is 10.3 Å². The zero-order valence-corrected chi connectivity index (χ0v) is 18.8. The number of aromatic amines is 2. The maximum absolute atomic E-state index is 13.0. The molecule has 0 fully saturated rings. The van der Waals surface area contributed by atoms with Gasteiger partial charge in [0.2, 0.25) is 0 Å². The molecule has 3 aromatic carbocycles. The molecule has 0 aliphatic heterocycles. The fourth-order valence-corrected chi connectivity index (χ4v) is 4.38. The van der Waals surface area contributed by atoms with Crippen LogP contribution >= 0.6 is 0 Å². The molecule has 0 bridgehead atoms. The highest BCUT2D eigenvalue weighted by Crippen LogP contribution is 2.32. The number of rotatable bonds is 4. The number of H-pyrrole nitrogens is 2. The summed E-state index contributed by atoms with van der Waals surface area (Å²) in [5.41, 5.74) is 3.64. The summed E-state index contributed by atoms with van der Waals surface area (Å²) >= 11 is 0. The highest BCUT2D eigenvalue weighted by Gasteiger charge is 2.30. The summed E-state index contributed by atoms with van der Waals surface area (Å²) in [4.78, 5) is 23.2. The molecule has 36 heavy (non-hydrogen) atoms. The van der Waals surface area contributed by atoms with Crippen molar-refractivity contribution in [3.63, 3.8) is 0 Å². The second-order valence-electron chi connectivity index (χ2n) is 8.48. The summed E-state index contributed by atoms with van der Waals surface area (Å²) in [5.74, 6) is 0.447. The van der Waals surface area contributed by atoms with Gasteiger partial charge in [-0.05, 0) is 60.2 Å². The monoisotopic (exact) mass is 486 g/mol. The highest BCUT2D eigenvalue weighted by atomic mass is 19.4. The fourth-order valence-electron chi connectivity index (χ4n) is 4.38. The summed E-state index contributed by atoms with van der Waals surface area (Å²) in [6, 6.07) is 24.3. The van der Waals surface area contributed by atoms with Crippen molar-refractivity contribution in [3.8, 4) is 17.1 Å². The molecule has 6 rings (SSSR count). The first kappa shape index (κ1) is 21.8. The number of nitrogens with zero attached hydrogens (tertiary/aromatic N) is 3. The number of hydrogen-bond donors (Lipinski definition) is 2. The van der Waals surface area contributed by atoms with Crippen molar-refractivity contribution < 1.29 is 17.7 Å². The van der Waals surface area contributed by atoms with Gasteiger partial charge in [-0.2, -0.15) is 18.2 Å². The Balaban J connectivity index is 1.35. The first-order valence-corrected chi connectivity index (χ1v) is 11.2. The molecule has 0 atom stereocenters. The van der Waals surface area contributed by atoms with Gasteiger partial charge in [-0.1, -0.05) is 30.3 Å². The number of halogens is 3. The third-order valence-corrected chi connectivity index (χ3v) is 6.12. The van der Waals surface area contributed by atoms with Gasteiger partial charge in [-0.3, -0.25) is 0 Å². The summed E-state index contributed by atoms with van der Waals surface area (Å²) < 4.78 is 42.7. The van der Waals surface area contributed by atoms with E-state index in [2.05, 4.69) is 15.0 Å². The third-order valence-electron chi connectivity index (χ3n) is 6.12. The Hall–Kier alpha value is -4.66. The summed E-state index contributed by atoms with van der Waals surface area (Å²) in [6.45, 7) is 0.610. The van der Waals surface area contributed by atoms with Gasteiger partial charge in [0, 0.05) is 5.56 Å². The number of nitrogens with one attached hydrogen (secondary N) is 2. The van der Waals surface area contributed by atoms with Crippen LogP contribution in [-0.4, -0.2) is 19.5 Å².